The monoisotopic (exact) mass is 338 g/mol. The Kier molecular flexibility index (Phi) is 5.81. The number of para-hydroxylation sites is 1. The third-order valence-corrected chi connectivity index (χ3v) is 3.41. The molecule has 7 heteroatoms. The lowest BCUT2D eigenvalue weighted by Gasteiger charge is -2.15. The summed E-state index contributed by atoms with van der Waals surface area (Å²) in [6, 6.07) is 7.35. The largest absolute Gasteiger partial charge is 0.396 e. The molecule has 24 heavy (non-hydrogen) atoms. The van der Waals surface area contributed by atoms with Crippen LogP contribution in [0.4, 0.5) is 23.7 Å². The van der Waals surface area contributed by atoms with Crippen LogP contribution < -0.4 is 10.6 Å². The molecule has 4 nitrogen and oxygen atoms in total. The molecule has 0 aliphatic rings. The number of halogens is 3. The summed E-state index contributed by atoms with van der Waals surface area (Å²) < 4.78 is 40.0. The third-order valence-electron chi connectivity index (χ3n) is 3.41. The van der Waals surface area contributed by atoms with Crippen molar-refractivity contribution >= 4 is 11.7 Å². The number of aliphatic hydroxyl groups excluding tert-OH is 1. The summed E-state index contributed by atoms with van der Waals surface area (Å²) in [5.41, 5.74) is 0.766. The van der Waals surface area contributed by atoms with Crippen LogP contribution in [0.2, 0.25) is 0 Å². The predicted molar refractivity (Wildman–Crippen MR) is 85.1 cm³/mol. The van der Waals surface area contributed by atoms with Crippen LogP contribution >= 0.6 is 0 Å². The summed E-state index contributed by atoms with van der Waals surface area (Å²) in [6.07, 6.45) is 0.392. The molecule has 128 valence electrons. The van der Waals surface area contributed by atoms with E-state index in [4.69, 9.17) is 5.11 Å². The number of urea groups is 1. The van der Waals surface area contributed by atoms with Crippen LogP contribution in [0.15, 0.2) is 36.4 Å². The number of rotatable bonds is 5. The Hall–Kier alpha value is -2.54. The minimum absolute atomic E-state index is 0.0633. The molecule has 0 aromatic heterocycles. The molecule has 0 spiro atoms. The van der Waals surface area contributed by atoms with Crippen LogP contribution in [0.5, 0.6) is 0 Å². The Morgan fingerprint density at radius 1 is 1.17 bits per heavy atom. The number of hydrogen-bond acceptors (Lipinski definition) is 2. The molecule has 2 aromatic carbocycles. The maximum Gasteiger partial charge on any atom is 0.319 e. The van der Waals surface area contributed by atoms with Crippen molar-refractivity contribution in [2.24, 2.45) is 0 Å². The smallest absolute Gasteiger partial charge is 0.319 e. The van der Waals surface area contributed by atoms with Gasteiger partial charge in [0, 0.05) is 18.2 Å². The maximum atomic E-state index is 13.4. The van der Waals surface area contributed by atoms with Gasteiger partial charge in [-0.3, -0.25) is 0 Å². The molecule has 2 rings (SSSR count). The highest BCUT2D eigenvalue weighted by molar-refractivity contribution is 5.94. The zero-order chi connectivity index (χ0) is 17.7. The van der Waals surface area contributed by atoms with E-state index < -0.39 is 23.5 Å². The molecule has 0 bridgehead atoms. The topological polar surface area (TPSA) is 61.4 Å². The van der Waals surface area contributed by atoms with Crippen LogP contribution in [0.25, 0.3) is 11.1 Å². The zero-order valence-electron chi connectivity index (χ0n) is 12.9. The van der Waals surface area contributed by atoms with Crippen molar-refractivity contribution < 1.29 is 23.1 Å². The molecule has 1 atom stereocenters. The second-order valence-electron chi connectivity index (χ2n) is 5.31. The van der Waals surface area contributed by atoms with Crippen molar-refractivity contribution in [2.45, 2.75) is 19.4 Å². The molecule has 0 heterocycles. The molecule has 2 aromatic rings. The lowest BCUT2D eigenvalue weighted by Crippen LogP contribution is -2.36. The van der Waals surface area contributed by atoms with Crippen molar-refractivity contribution in [2.75, 3.05) is 11.9 Å². The number of benzene rings is 2. The van der Waals surface area contributed by atoms with Crippen molar-refractivity contribution in [1.82, 2.24) is 5.32 Å². The fourth-order valence-electron chi connectivity index (χ4n) is 2.20. The molecule has 0 saturated heterocycles. The molecule has 3 N–H and O–H groups in total. The molecule has 0 unspecified atom stereocenters. The normalized spacial score (nSPS) is 11.9. The van der Waals surface area contributed by atoms with Gasteiger partial charge < -0.3 is 15.7 Å². The molecule has 2 amide bonds. The van der Waals surface area contributed by atoms with Gasteiger partial charge in [0.1, 0.15) is 0 Å². The summed E-state index contributed by atoms with van der Waals surface area (Å²) in [4.78, 5) is 12.0. The highest BCUT2D eigenvalue weighted by Crippen LogP contribution is 2.30. The fourth-order valence-corrected chi connectivity index (χ4v) is 2.20. The molecular formula is C17H17F3N2O2. The first-order valence-electron chi connectivity index (χ1n) is 7.34. The Morgan fingerprint density at radius 2 is 1.79 bits per heavy atom. The van der Waals surface area contributed by atoms with E-state index in [0.717, 1.165) is 12.1 Å². The fraction of sp³-hybridized carbons (Fsp3) is 0.235. The lowest BCUT2D eigenvalue weighted by atomic mass is 10.0. The number of anilines is 1. The van der Waals surface area contributed by atoms with E-state index in [1.807, 2.05) is 0 Å². The summed E-state index contributed by atoms with van der Waals surface area (Å²) >= 11 is 0. The van der Waals surface area contributed by atoms with Crippen LogP contribution in [0.1, 0.15) is 13.3 Å². The second kappa shape index (κ2) is 7.83. The summed E-state index contributed by atoms with van der Waals surface area (Å²) in [7, 11) is 0. The number of aliphatic hydroxyl groups is 1. The van der Waals surface area contributed by atoms with Gasteiger partial charge >= 0.3 is 6.03 Å². The van der Waals surface area contributed by atoms with Gasteiger partial charge in [-0.25, -0.2) is 18.0 Å². The van der Waals surface area contributed by atoms with E-state index in [0.29, 0.717) is 17.7 Å². The SMILES string of the molecule is C[C@H](CCO)NC(=O)Nc1ccccc1-c1cc(F)c(F)c(F)c1. The van der Waals surface area contributed by atoms with Crippen LogP contribution in [0.3, 0.4) is 0 Å². The average molecular weight is 338 g/mol. The molecule has 0 fully saturated rings. The minimum atomic E-state index is -1.54. The quantitative estimate of drug-likeness (QED) is 0.729. The average Bonchev–Trinajstić information content (AvgIpc) is 2.52. The number of amides is 2. The van der Waals surface area contributed by atoms with Crippen LogP contribution in [-0.2, 0) is 0 Å². The number of carbonyl (C=O) groups excluding carboxylic acids is 1. The standard InChI is InChI=1S/C17H17F3N2O2/c1-10(6-7-23)21-17(24)22-15-5-3-2-4-12(15)11-8-13(18)16(20)14(19)9-11/h2-5,8-10,23H,6-7H2,1H3,(H2,21,22,24)/t10-/m1/s1. The van der Waals surface area contributed by atoms with Gasteiger partial charge in [0.2, 0.25) is 0 Å². The predicted octanol–water partition coefficient (Wildman–Crippen LogP) is 3.66. The first kappa shape index (κ1) is 17.8. The molecule has 0 aliphatic heterocycles. The van der Waals surface area contributed by atoms with Crippen molar-refractivity contribution in [3.8, 4) is 11.1 Å². The van der Waals surface area contributed by atoms with Gasteiger partial charge in [-0.15, -0.1) is 0 Å². The van der Waals surface area contributed by atoms with E-state index >= 15 is 0 Å². The van der Waals surface area contributed by atoms with Gasteiger partial charge in [0.05, 0.1) is 5.69 Å². The molecule has 0 radical (unpaired) electrons. The Morgan fingerprint density at radius 3 is 2.42 bits per heavy atom. The van der Waals surface area contributed by atoms with Gasteiger partial charge in [-0.05, 0) is 37.1 Å². The van der Waals surface area contributed by atoms with Crippen molar-refractivity contribution in [1.29, 1.82) is 0 Å². The summed E-state index contributed by atoms with van der Waals surface area (Å²) in [6.45, 7) is 1.67. The first-order chi connectivity index (χ1) is 11.4. The number of hydrogen-bond donors (Lipinski definition) is 3. The summed E-state index contributed by atoms with van der Waals surface area (Å²) in [5.74, 6) is -4.15. The number of carbonyl (C=O) groups is 1. The molecule has 0 saturated carbocycles. The van der Waals surface area contributed by atoms with Crippen LogP contribution in [-0.4, -0.2) is 23.8 Å². The highest BCUT2D eigenvalue weighted by atomic mass is 19.2. The van der Waals surface area contributed by atoms with Crippen molar-refractivity contribution in [3.05, 3.63) is 53.8 Å². The van der Waals surface area contributed by atoms with Gasteiger partial charge in [-0.1, -0.05) is 18.2 Å². The maximum absolute atomic E-state index is 13.4. The van der Waals surface area contributed by atoms with Gasteiger partial charge in [0.15, 0.2) is 17.5 Å². The third kappa shape index (κ3) is 4.26. The van der Waals surface area contributed by atoms with Gasteiger partial charge in [-0.2, -0.15) is 0 Å². The zero-order valence-corrected chi connectivity index (χ0v) is 12.9. The van der Waals surface area contributed by atoms with E-state index in [1.165, 1.54) is 0 Å². The molecular weight excluding hydrogens is 321 g/mol. The van der Waals surface area contributed by atoms with E-state index in [9.17, 15) is 18.0 Å². The Labute approximate surface area is 137 Å². The van der Waals surface area contributed by atoms with Crippen molar-refractivity contribution in [3.63, 3.8) is 0 Å². The van der Waals surface area contributed by atoms with E-state index in [-0.39, 0.29) is 18.2 Å². The first-order valence-corrected chi connectivity index (χ1v) is 7.34. The van der Waals surface area contributed by atoms with E-state index in [1.54, 1.807) is 31.2 Å². The molecule has 0 aliphatic carbocycles. The van der Waals surface area contributed by atoms with Gasteiger partial charge in [0.25, 0.3) is 0 Å². The highest BCUT2D eigenvalue weighted by Gasteiger charge is 2.15. The minimum Gasteiger partial charge on any atom is -0.396 e. The summed E-state index contributed by atoms with van der Waals surface area (Å²) in [5, 5.41) is 14.0. The second-order valence-corrected chi connectivity index (χ2v) is 5.31. The Bertz CT molecular complexity index is 715. The Balaban J connectivity index is 2.26. The number of nitrogens with one attached hydrogen (secondary N) is 2. The van der Waals surface area contributed by atoms with Crippen LogP contribution in [0, 0.1) is 17.5 Å². The van der Waals surface area contributed by atoms with E-state index in [2.05, 4.69) is 10.6 Å². The lowest BCUT2D eigenvalue weighted by molar-refractivity contribution is 0.241.